The minimum absolute atomic E-state index is 0.324. The first-order valence-corrected chi connectivity index (χ1v) is 10.1. The summed E-state index contributed by atoms with van der Waals surface area (Å²) in [6.45, 7) is 6.88. The molecule has 1 atom stereocenters. The molecule has 4 heteroatoms. The first kappa shape index (κ1) is 19.9. The van der Waals surface area contributed by atoms with E-state index in [0.29, 0.717) is 13.2 Å². The third kappa shape index (κ3) is 6.06. The molecule has 1 aliphatic rings. The van der Waals surface area contributed by atoms with E-state index in [0.717, 1.165) is 43.9 Å². The van der Waals surface area contributed by atoms with Gasteiger partial charge in [-0.3, -0.25) is 4.90 Å². The maximum absolute atomic E-state index is 10.5. The predicted octanol–water partition coefficient (Wildman–Crippen LogP) is 3.37. The lowest BCUT2D eigenvalue weighted by atomic mass is 10.00. The topological polar surface area (TPSA) is 44.7 Å². The van der Waals surface area contributed by atoms with Crippen LogP contribution in [-0.2, 0) is 19.5 Å². The number of hydrogen-bond donors (Lipinski definition) is 2. The summed E-state index contributed by atoms with van der Waals surface area (Å²) in [6, 6.07) is 16.7. The van der Waals surface area contributed by atoms with E-state index in [4.69, 9.17) is 4.74 Å². The number of β-amino-alcohol motifs (C(OH)–C–C–N with tert-alkyl or cyclic N) is 1. The highest BCUT2D eigenvalue weighted by Gasteiger charge is 2.19. The maximum Gasteiger partial charge on any atom is 0.123 e. The molecule has 0 bridgehead atoms. The Balaban J connectivity index is 1.46. The Morgan fingerprint density at radius 1 is 1.11 bits per heavy atom. The summed E-state index contributed by atoms with van der Waals surface area (Å²) in [5, 5.41) is 13.9. The van der Waals surface area contributed by atoms with Crippen molar-refractivity contribution in [3.05, 3.63) is 65.2 Å². The third-order valence-electron chi connectivity index (χ3n) is 5.11. The molecule has 2 N–H and O–H groups in total. The summed E-state index contributed by atoms with van der Waals surface area (Å²) >= 11 is 0. The Morgan fingerprint density at radius 3 is 2.74 bits per heavy atom. The van der Waals surface area contributed by atoms with Gasteiger partial charge in [0.15, 0.2) is 0 Å². The van der Waals surface area contributed by atoms with Gasteiger partial charge >= 0.3 is 0 Å². The minimum Gasteiger partial charge on any atom is -0.491 e. The molecule has 4 nitrogen and oxygen atoms in total. The molecule has 0 amide bonds. The normalized spacial score (nSPS) is 15.3. The number of rotatable bonds is 10. The number of nitrogens with one attached hydrogen (secondary N) is 1. The van der Waals surface area contributed by atoms with Gasteiger partial charge in [0, 0.05) is 31.7 Å². The molecule has 0 saturated carbocycles. The lowest BCUT2D eigenvalue weighted by molar-refractivity contribution is 0.0634. The van der Waals surface area contributed by atoms with Gasteiger partial charge in [-0.2, -0.15) is 0 Å². The minimum atomic E-state index is -0.489. The Labute approximate surface area is 163 Å². The van der Waals surface area contributed by atoms with E-state index >= 15 is 0 Å². The Kier molecular flexibility index (Phi) is 7.69. The average Bonchev–Trinajstić information content (AvgIpc) is 2.70. The molecule has 2 aromatic rings. The molecule has 1 unspecified atom stereocenters. The number of nitrogens with zero attached hydrogens (tertiary/aromatic N) is 1. The Morgan fingerprint density at radius 2 is 1.89 bits per heavy atom. The number of hydrogen-bond acceptors (Lipinski definition) is 4. The number of fused-ring (bicyclic) bond motifs is 1. The van der Waals surface area contributed by atoms with Gasteiger partial charge in [0.1, 0.15) is 18.5 Å². The van der Waals surface area contributed by atoms with E-state index in [9.17, 15) is 5.11 Å². The highest BCUT2D eigenvalue weighted by Crippen LogP contribution is 2.20. The zero-order valence-electron chi connectivity index (χ0n) is 16.4. The highest BCUT2D eigenvalue weighted by atomic mass is 16.5. The first-order chi connectivity index (χ1) is 13.3. The predicted molar refractivity (Wildman–Crippen MR) is 110 cm³/mol. The van der Waals surface area contributed by atoms with Crippen molar-refractivity contribution in [2.45, 2.75) is 45.4 Å². The molecule has 0 spiro atoms. The highest BCUT2D eigenvalue weighted by molar-refractivity contribution is 5.33. The first-order valence-electron chi connectivity index (χ1n) is 10.1. The van der Waals surface area contributed by atoms with Crippen molar-refractivity contribution in [3.8, 4) is 5.75 Å². The van der Waals surface area contributed by atoms with Gasteiger partial charge in [0.05, 0.1) is 0 Å². The number of benzene rings is 2. The van der Waals surface area contributed by atoms with Crippen LogP contribution in [0.15, 0.2) is 48.5 Å². The molecule has 1 heterocycles. The van der Waals surface area contributed by atoms with Crippen LogP contribution in [0.1, 0.15) is 36.5 Å². The fraction of sp³-hybridized carbons (Fsp3) is 0.478. The van der Waals surface area contributed by atoms with Crippen molar-refractivity contribution in [1.82, 2.24) is 10.2 Å². The standard InChI is InChI=1S/C23H32N2O2/c1-2-3-13-24-15-20-9-6-7-11-23(20)27-18-22(26)17-25-14-12-19-8-4-5-10-21(19)16-25/h4-11,22,24,26H,2-3,12-18H2,1H3. The second kappa shape index (κ2) is 10.5. The Bertz CT molecular complexity index is 704. The van der Waals surface area contributed by atoms with Crippen LogP contribution < -0.4 is 10.1 Å². The number of unbranched alkanes of at least 4 members (excludes halogenated alkanes) is 1. The number of para-hydroxylation sites is 1. The molecule has 146 valence electrons. The van der Waals surface area contributed by atoms with E-state index in [-0.39, 0.29) is 0 Å². The summed E-state index contributed by atoms with van der Waals surface area (Å²) in [4.78, 5) is 2.31. The fourth-order valence-corrected chi connectivity index (χ4v) is 3.56. The van der Waals surface area contributed by atoms with Gasteiger partial charge in [0.25, 0.3) is 0 Å². The molecule has 27 heavy (non-hydrogen) atoms. The van der Waals surface area contributed by atoms with Crippen LogP contribution in [0.2, 0.25) is 0 Å². The van der Waals surface area contributed by atoms with Crippen LogP contribution in [0, 0.1) is 0 Å². The molecule has 0 fully saturated rings. The van der Waals surface area contributed by atoms with Crippen molar-refractivity contribution >= 4 is 0 Å². The maximum atomic E-state index is 10.5. The smallest absolute Gasteiger partial charge is 0.123 e. The lowest BCUT2D eigenvalue weighted by Gasteiger charge is -2.30. The molecular formula is C23H32N2O2. The summed E-state index contributed by atoms with van der Waals surface area (Å²) in [5.74, 6) is 0.865. The molecular weight excluding hydrogens is 336 g/mol. The third-order valence-corrected chi connectivity index (χ3v) is 5.11. The van der Waals surface area contributed by atoms with E-state index in [1.807, 2.05) is 18.2 Å². The van der Waals surface area contributed by atoms with Crippen LogP contribution in [0.5, 0.6) is 5.75 Å². The summed E-state index contributed by atoms with van der Waals surface area (Å²) < 4.78 is 5.95. The molecule has 0 aliphatic carbocycles. The van der Waals surface area contributed by atoms with E-state index in [2.05, 4.69) is 47.5 Å². The monoisotopic (exact) mass is 368 g/mol. The van der Waals surface area contributed by atoms with Gasteiger partial charge in [-0.15, -0.1) is 0 Å². The van der Waals surface area contributed by atoms with Crippen LogP contribution in [0.25, 0.3) is 0 Å². The second-order valence-corrected chi connectivity index (χ2v) is 7.36. The van der Waals surface area contributed by atoms with Crippen LogP contribution in [0.4, 0.5) is 0 Å². The molecule has 0 aromatic heterocycles. The SMILES string of the molecule is CCCCNCc1ccccc1OCC(O)CN1CCc2ccccc2C1. The fourth-order valence-electron chi connectivity index (χ4n) is 3.56. The zero-order chi connectivity index (χ0) is 18.9. The zero-order valence-corrected chi connectivity index (χ0v) is 16.4. The molecule has 1 aliphatic heterocycles. The van der Waals surface area contributed by atoms with E-state index < -0.39 is 6.10 Å². The van der Waals surface area contributed by atoms with E-state index in [1.54, 1.807) is 0 Å². The van der Waals surface area contributed by atoms with Crippen molar-refractivity contribution < 1.29 is 9.84 Å². The van der Waals surface area contributed by atoms with Crippen molar-refractivity contribution in [3.63, 3.8) is 0 Å². The number of ether oxygens (including phenoxy) is 1. The van der Waals surface area contributed by atoms with Crippen LogP contribution in [-0.4, -0.2) is 42.4 Å². The average molecular weight is 369 g/mol. The Hall–Kier alpha value is -1.88. The number of aliphatic hydroxyl groups is 1. The quantitative estimate of drug-likeness (QED) is 0.631. The number of aliphatic hydroxyl groups excluding tert-OH is 1. The molecule has 3 rings (SSSR count). The largest absolute Gasteiger partial charge is 0.491 e. The summed E-state index contributed by atoms with van der Waals surface area (Å²) in [5.41, 5.74) is 3.96. The van der Waals surface area contributed by atoms with Crippen LogP contribution in [0.3, 0.4) is 0 Å². The summed E-state index contributed by atoms with van der Waals surface area (Å²) in [6.07, 6.45) is 2.94. The van der Waals surface area contributed by atoms with Crippen molar-refractivity contribution in [2.24, 2.45) is 0 Å². The molecule has 2 aromatic carbocycles. The van der Waals surface area contributed by atoms with Gasteiger partial charge in [-0.25, -0.2) is 0 Å². The van der Waals surface area contributed by atoms with Crippen molar-refractivity contribution in [1.29, 1.82) is 0 Å². The van der Waals surface area contributed by atoms with Gasteiger partial charge in [-0.05, 0) is 36.6 Å². The molecule has 0 radical (unpaired) electrons. The summed E-state index contributed by atoms with van der Waals surface area (Å²) in [7, 11) is 0. The van der Waals surface area contributed by atoms with Gasteiger partial charge in [0.2, 0.25) is 0 Å². The lowest BCUT2D eigenvalue weighted by Crippen LogP contribution is -2.38. The second-order valence-electron chi connectivity index (χ2n) is 7.36. The van der Waals surface area contributed by atoms with Crippen LogP contribution >= 0.6 is 0 Å². The van der Waals surface area contributed by atoms with Crippen molar-refractivity contribution in [2.75, 3.05) is 26.2 Å². The molecule has 0 saturated heterocycles. The van der Waals surface area contributed by atoms with Gasteiger partial charge < -0.3 is 15.2 Å². The van der Waals surface area contributed by atoms with E-state index in [1.165, 1.54) is 24.0 Å². The van der Waals surface area contributed by atoms with Gasteiger partial charge in [-0.1, -0.05) is 55.8 Å².